The van der Waals surface area contributed by atoms with Crippen molar-refractivity contribution in [3.05, 3.63) is 0 Å². The van der Waals surface area contributed by atoms with Crippen LogP contribution in [0.25, 0.3) is 0 Å². The molecule has 0 spiro atoms. The monoisotopic (exact) mass is 282 g/mol. The fourth-order valence-electron chi connectivity index (χ4n) is 1.23. The van der Waals surface area contributed by atoms with Gasteiger partial charge in [-0.25, -0.2) is 13.1 Å². The summed E-state index contributed by atoms with van der Waals surface area (Å²) in [6.07, 6.45) is 1.68. The van der Waals surface area contributed by atoms with Gasteiger partial charge in [0.1, 0.15) is 0 Å². The van der Waals surface area contributed by atoms with Crippen LogP contribution in [0.1, 0.15) is 19.8 Å². The van der Waals surface area contributed by atoms with Crippen LogP contribution >= 0.6 is 0 Å². The Balaban J connectivity index is 3.41. The van der Waals surface area contributed by atoms with Gasteiger partial charge in [-0.1, -0.05) is 6.92 Å². The van der Waals surface area contributed by atoms with Crippen LogP contribution in [0, 0.1) is 0 Å². The quantitative estimate of drug-likeness (QED) is 0.464. The van der Waals surface area contributed by atoms with Crippen molar-refractivity contribution >= 4 is 10.0 Å². The van der Waals surface area contributed by atoms with Gasteiger partial charge in [0.05, 0.1) is 19.0 Å². The molecule has 2 N–H and O–H groups in total. The highest BCUT2D eigenvalue weighted by Crippen LogP contribution is 1.87. The molecule has 0 rings (SSSR count). The maximum Gasteiger partial charge on any atom is 0.212 e. The average molecular weight is 282 g/mol. The average Bonchev–Trinajstić information content (AvgIpc) is 2.34. The highest BCUT2D eigenvalue weighted by molar-refractivity contribution is 7.89. The predicted molar refractivity (Wildman–Crippen MR) is 72.3 cm³/mol. The maximum absolute atomic E-state index is 11.5. The van der Waals surface area contributed by atoms with E-state index in [1.807, 2.05) is 6.92 Å². The summed E-state index contributed by atoms with van der Waals surface area (Å²) in [7, 11) is -1.54. The Bertz CT molecular complexity index is 270. The normalized spacial score (nSPS) is 11.9. The molecule has 0 atom stereocenters. The fourth-order valence-corrected chi connectivity index (χ4v) is 2.24. The van der Waals surface area contributed by atoms with Crippen LogP contribution in [0.4, 0.5) is 0 Å². The van der Waals surface area contributed by atoms with E-state index in [0.29, 0.717) is 39.3 Å². The minimum Gasteiger partial charge on any atom is -0.382 e. The molecule has 0 aromatic rings. The molecule has 0 fully saturated rings. The van der Waals surface area contributed by atoms with Gasteiger partial charge in [0.2, 0.25) is 10.0 Å². The molecule has 0 aliphatic rings. The fraction of sp³-hybridized carbons (Fsp3) is 1.00. The molecule has 7 heteroatoms. The van der Waals surface area contributed by atoms with Crippen molar-refractivity contribution in [2.45, 2.75) is 19.8 Å². The third-order valence-corrected chi connectivity index (χ3v) is 3.58. The number of nitrogens with one attached hydrogen (secondary N) is 2. The number of hydrogen-bond acceptors (Lipinski definition) is 5. The summed E-state index contributed by atoms with van der Waals surface area (Å²) in [5.41, 5.74) is 0. The van der Waals surface area contributed by atoms with Gasteiger partial charge < -0.3 is 14.8 Å². The van der Waals surface area contributed by atoms with E-state index in [4.69, 9.17) is 9.47 Å². The summed E-state index contributed by atoms with van der Waals surface area (Å²) in [5.74, 6) is 0.123. The SMILES string of the molecule is CCCNCCS(=O)(=O)NCCCOCCOC. The summed E-state index contributed by atoms with van der Waals surface area (Å²) in [5, 5.41) is 3.06. The van der Waals surface area contributed by atoms with Crippen LogP contribution in [0.15, 0.2) is 0 Å². The first-order valence-electron chi connectivity index (χ1n) is 6.37. The number of ether oxygens (including phenoxy) is 2. The van der Waals surface area contributed by atoms with Crippen LogP contribution < -0.4 is 10.0 Å². The second kappa shape index (κ2) is 11.9. The molecule has 0 unspecified atom stereocenters. The number of sulfonamides is 1. The van der Waals surface area contributed by atoms with Crippen LogP contribution in [0.5, 0.6) is 0 Å². The number of hydrogen-bond donors (Lipinski definition) is 2. The van der Waals surface area contributed by atoms with Crippen LogP contribution in [-0.4, -0.2) is 60.7 Å². The first-order valence-corrected chi connectivity index (χ1v) is 8.02. The molecule has 0 aromatic carbocycles. The minimum atomic E-state index is -3.15. The molecule has 6 nitrogen and oxygen atoms in total. The summed E-state index contributed by atoms with van der Waals surface area (Å²) in [6.45, 7) is 5.46. The standard InChI is InChI=1S/C11H26N2O4S/c1-3-5-12-7-11-18(14,15)13-6-4-8-17-10-9-16-2/h12-13H,3-11H2,1-2H3. The summed E-state index contributed by atoms with van der Waals surface area (Å²) in [6, 6.07) is 0. The van der Waals surface area contributed by atoms with Crippen molar-refractivity contribution in [3.8, 4) is 0 Å². The smallest absolute Gasteiger partial charge is 0.212 e. The Morgan fingerprint density at radius 1 is 1.06 bits per heavy atom. The molecule has 0 amide bonds. The third kappa shape index (κ3) is 12.3. The van der Waals surface area contributed by atoms with Gasteiger partial charge in [0.25, 0.3) is 0 Å². The van der Waals surface area contributed by atoms with Crippen LogP contribution in [-0.2, 0) is 19.5 Å². The molecule has 0 saturated heterocycles. The lowest BCUT2D eigenvalue weighted by atomic mass is 10.5. The Morgan fingerprint density at radius 3 is 2.50 bits per heavy atom. The second-order valence-corrected chi connectivity index (χ2v) is 5.85. The van der Waals surface area contributed by atoms with Gasteiger partial charge in [0.15, 0.2) is 0 Å². The van der Waals surface area contributed by atoms with E-state index in [1.165, 1.54) is 0 Å². The van der Waals surface area contributed by atoms with Gasteiger partial charge in [-0.2, -0.15) is 0 Å². The lowest BCUT2D eigenvalue weighted by Gasteiger charge is -2.07. The number of rotatable bonds is 13. The molecule has 110 valence electrons. The molecule has 0 saturated carbocycles. The van der Waals surface area contributed by atoms with E-state index in [2.05, 4.69) is 10.0 Å². The van der Waals surface area contributed by atoms with Crippen LogP contribution in [0.2, 0.25) is 0 Å². The van der Waals surface area contributed by atoms with E-state index in [-0.39, 0.29) is 5.75 Å². The van der Waals surface area contributed by atoms with E-state index in [1.54, 1.807) is 7.11 Å². The lowest BCUT2D eigenvalue weighted by Crippen LogP contribution is -2.33. The Morgan fingerprint density at radius 2 is 1.83 bits per heavy atom. The maximum atomic E-state index is 11.5. The van der Waals surface area contributed by atoms with Crippen molar-refractivity contribution in [1.82, 2.24) is 10.0 Å². The molecular formula is C11H26N2O4S. The molecular weight excluding hydrogens is 256 g/mol. The van der Waals surface area contributed by atoms with E-state index >= 15 is 0 Å². The third-order valence-electron chi connectivity index (χ3n) is 2.19. The first kappa shape index (κ1) is 17.8. The summed E-state index contributed by atoms with van der Waals surface area (Å²) in [4.78, 5) is 0. The Labute approximate surface area is 110 Å². The lowest BCUT2D eigenvalue weighted by molar-refractivity contribution is 0.0699. The van der Waals surface area contributed by atoms with Crippen molar-refractivity contribution in [1.29, 1.82) is 0 Å². The molecule has 0 radical (unpaired) electrons. The van der Waals surface area contributed by atoms with Crippen LogP contribution in [0.3, 0.4) is 0 Å². The zero-order chi connectivity index (χ0) is 13.7. The van der Waals surface area contributed by atoms with Crippen molar-refractivity contribution in [2.75, 3.05) is 52.3 Å². The molecule has 0 aliphatic carbocycles. The molecule has 0 aliphatic heterocycles. The summed E-state index contributed by atoms with van der Waals surface area (Å²) < 4.78 is 35.6. The molecule has 0 aromatic heterocycles. The number of methoxy groups -OCH3 is 1. The van der Waals surface area contributed by atoms with Crippen molar-refractivity contribution < 1.29 is 17.9 Å². The van der Waals surface area contributed by atoms with Crippen molar-refractivity contribution in [3.63, 3.8) is 0 Å². The second-order valence-electron chi connectivity index (χ2n) is 3.92. The van der Waals surface area contributed by atoms with E-state index < -0.39 is 10.0 Å². The molecule has 18 heavy (non-hydrogen) atoms. The first-order chi connectivity index (χ1) is 8.62. The molecule has 0 heterocycles. The van der Waals surface area contributed by atoms with Crippen molar-refractivity contribution in [2.24, 2.45) is 0 Å². The Hall–Kier alpha value is -0.210. The predicted octanol–water partition coefficient (Wildman–Crippen LogP) is -0.0415. The highest BCUT2D eigenvalue weighted by atomic mass is 32.2. The zero-order valence-electron chi connectivity index (χ0n) is 11.4. The topological polar surface area (TPSA) is 76.7 Å². The van der Waals surface area contributed by atoms with Gasteiger partial charge in [-0.05, 0) is 19.4 Å². The minimum absolute atomic E-state index is 0.123. The van der Waals surface area contributed by atoms with Gasteiger partial charge in [-0.3, -0.25) is 0 Å². The molecule has 0 bridgehead atoms. The van der Waals surface area contributed by atoms with E-state index in [0.717, 1.165) is 13.0 Å². The largest absolute Gasteiger partial charge is 0.382 e. The Kier molecular flexibility index (Phi) is 11.7. The van der Waals surface area contributed by atoms with Gasteiger partial charge >= 0.3 is 0 Å². The zero-order valence-corrected chi connectivity index (χ0v) is 12.2. The summed E-state index contributed by atoms with van der Waals surface area (Å²) >= 11 is 0. The highest BCUT2D eigenvalue weighted by Gasteiger charge is 2.08. The van der Waals surface area contributed by atoms with Gasteiger partial charge in [-0.15, -0.1) is 0 Å². The van der Waals surface area contributed by atoms with E-state index in [9.17, 15) is 8.42 Å². The van der Waals surface area contributed by atoms with Gasteiger partial charge in [0, 0.05) is 26.8 Å².